The number of hydrogen-bond donors (Lipinski definition) is 1. The van der Waals surface area contributed by atoms with Crippen LogP contribution in [0.5, 0.6) is 5.75 Å². The highest BCUT2D eigenvalue weighted by molar-refractivity contribution is 7.85. The van der Waals surface area contributed by atoms with Gasteiger partial charge in [0, 0.05) is 12.1 Å². The lowest BCUT2D eigenvalue weighted by atomic mass is 9.61. The van der Waals surface area contributed by atoms with Gasteiger partial charge in [0.15, 0.2) is 0 Å². The number of nitro groups is 1. The minimum Gasteiger partial charge on any atom is -0.494 e. The zero-order valence-electron chi connectivity index (χ0n) is 19.2. The molecule has 1 aliphatic rings. The predicted octanol–water partition coefficient (Wildman–Crippen LogP) is 6.30. The minimum atomic E-state index is -4.00. The molecule has 0 heterocycles. The van der Waals surface area contributed by atoms with Gasteiger partial charge in [-0.25, -0.2) is 0 Å². The molecule has 1 aliphatic carbocycles. The van der Waals surface area contributed by atoms with Gasteiger partial charge < -0.3 is 4.74 Å². The Morgan fingerprint density at radius 1 is 1.18 bits per heavy atom. The second-order valence-electron chi connectivity index (χ2n) is 9.20. The molecule has 3 rings (SSSR count). The van der Waals surface area contributed by atoms with Crippen molar-refractivity contribution in [1.29, 1.82) is 0 Å². The van der Waals surface area contributed by atoms with Crippen LogP contribution in [0.1, 0.15) is 63.0 Å². The number of methoxy groups -OCH3 is 1. The number of benzene rings is 2. The van der Waals surface area contributed by atoms with Crippen LogP contribution in [-0.4, -0.2) is 30.8 Å². The summed E-state index contributed by atoms with van der Waals surface area (Å²) in [5.74, 6) is 0.638. The number of nitrogens with zero attached hydrogens (tertiary/aromatic N) is 3. The molecule has 0 aliphatic heterocycles. The van der Waals surface area contributed by atoms with Crippen molar-refractivity contribution in [3.63, 3.8) is 0 Å². The van der Waals surface area contributed by atoms with Gasteiger partial charge in [-0.15, -0.1) is 5.11 Å². The molecule has 33 heavy (non-hydrogen) atoms. The summed E-state index contributed by atoms with van der Waals surface area (Å²) in [6.45, 7) is 6.51. The lowest BCUT2D eigenvalue weighted by molar-refractivity contribution is -0.384. The molecule has 2 atom stereocenters. The van der Waals surface area contributed by atoms with Crippen LogP contribution in [0, 0.1) is 15.5 Å². The molecule has 0 fully saturated rings. The second-order valence-corrected chi connectivity index (χ2v) is 10.8. The minimum absolute atomic E-state index is 0.0169. The van der Waals surface area contributed by atoms with E-state index in [0.29, 0.717) is 30.0 Å². The molecule has 0 amide bonds. The van der Waals surface area contributed by atoms with Crippen molar-refractivity contribution in [2.24, 2.45) is 15.6 Å². The van der Waals surface area contributed by atoms with Gasteiger partial charge in [0.1, 0.15) is 11.4 Å². The Morgan fingerprint density at radius 2 is 1.85 bits per heavy atom. The van der Waals surface area contributed by atoms with Crippen LogP contribution in [0.3, 0.4) is 0 Å². The number of nitro benzene ring substituents is 1. The highest BCUT2D eigenvalue weighted by Gasteiger charge is 2.39. The molecule has 0 saturated carbocycles. The van der Waals surface area contributed by atoms with Crippen molar-refractivity contribution in [3.05, 3.63) is 57.6 Å². The van der Waals surface area contributed by atoms with Gasteiger partial charge in [0.05, 0.1) is 23.5 Å². The molecule has 10 heteroatoms. The van der Waals surface area contributed by atoms with Crippen LogP contribution in [0.4, 0.5) is 17.1 Å². The van der Waals surface area contributed by atoms with Crippen molar-refractivity contribution in [2.75, 3.05) is 12.9 Å². The third-order valence-corrected chi connectivity index (χ3v) is 7.10. The molecular weight excluding hydrogens is 446 g/mol. The summed E-state index contributed by atoms with van der Waals surface area (Å²) in [6, 6.07) is 9.72. The third kappa shape index (κ3) is 5.94. The predicted molar refractivity (Wildman–Crippen MR) is 125 cm³/mol. The number of ether oxygens (including phenoxy) is 1. The number of hydrogen-bond acceptors (Lipinski definition) is 7. The Morgan fingerprint density at radius 3 is 2.42 bits per heavy atom. The second kappa shape index (κ2) is 9.56. The van der Waals surface area contributed by atoms with Gasteiger partial charge >= 0.3 is 0 Å². The maximum atomic E-state index is 11.2. The van der Waals surface area contributed by atoms with Gasteiger partial charge in [-0.2, -0.15) is 13.5 Å². The van der Waals surface area contributed by atoms with E-state index in [-0.39, 0.29) is 28.7 Å². The molecule has 0 radical (unpaired) electrons. The summed E-state index contributed by atoms with van der Waals surface area (Å²) < 4.78 is 37.1. The van der Waals surface area contributed by atoms with Crippen molar-refractivity contribution in [2.45, 2.75) is 51.9 Å². The maximum absolute atomic E-state index is 11.2. The molecular formula is C23H29N3O6S. The van der Waals surface area contributed by atoms with Gasteiger partial charge in [-0.3, -0.25) is 14.7 Å². The summed E-state index contributed by atoms with van der Waals surface area (Å²) in [5.41, 5.74) is 3.18. The van der Waals surface area contributed by atoms with E-state index in [1.807, 2.05) is 12.1 Å². The smallest absolute Gasteiger partial charge is 0.269 e. The van der Waals surface area contributed by atoms with E-state index >= 15 is 0 Å². The first kappa shape index (κ1) is 24.8. The van der Waals surface area contributed by atoms with Crippen molar-refractivity contribution >= 4 is 27.2 Å². The van der Waals surface area contributed by atoms with E-state index in [2.05, 4.69) is 31.0 Å². The van der Waals surface area contributed by atoms with Gasteiger partial charge in [0.2, 0.25) is 0 Å². The first-order valence-electron chi connectivity index (χ1n) is 10.7. The fraction of sp³-hybridized carbons (Fsp3) is 0.478. The monoisotopic (exact) mass is 475 g/mol. The molecule has 178 valence electrons. The van der Waals surface area contributed by atoms with Crippen LogP contribution in [0.25, 0.3) is 0 Å². The molecule has 0 saturated heterocycles. The Balaban J connectivity index is 1.94. The zero-order chi connectivity index (χ0) is 24.4. The molecule has 2 aromatic carbocycles. The number of rotatable bonds is 8. The lowest BCUT2D eigenvalue weighted by Crippen LogP contribution is -2.30. The summed E-state index contributed by atoms with van der Waals surface area (Å²) in [5, 5.41) is 19.4. The average molecular weight is 476 g/mol. The Kier molecular flexibility index (Phi) is 7.18. The highest BCUT2D eigenvalue weighted by atomic mass is 32.2. The molecule has 0 bridgehead atoms. The summed E-state index contributed by atoms with van der Waals surface area (Å²) in [4.78, 5) is 10.4. The fourth-order valence-corrected chi connectivity index (χ4v) is 5.33. The quantitative estimate of drug-likeness (QED) is 0.206. The lowest BCUT2D eigenvalue weighted by Gasteiger charge is -2.43. The van der Waals surface area contributed by atoms with Crippen molar-refractivity contribution in [1.82, 2.24) is 0 Å². The summed E-state index contributed by atoms with van der Waals surface area (Å²) in [6.07, 6.45) is 1.91. The number of azo groups is 1. The highest BCUT2D eigenvalue weighted by Crippen LogP contribution is 2.54. The van der Waals surface area contributed by atoms with Crippen LogP contribution in [-0.2, 0) is 10.1 Å². The van der Waals surface area contributed by atoms with Gasteiger partial charge in [-0.05, 0) is 71.9 Å². The number of fused-ring (bicyclic) bond motifs is 1. The van der Waals surface area contributed by atoms with E-state index in [0.717, 1.165) is 17.5 Å². The SMILES string of the molecule is COc1cc2c(cc1N=Nc1ccc([N+](=O)[O-])cc1)C(C)CC(C)(C)C2CCCS(=O)(=O)O. The molecule has 2 aromatic rings. The van der Waals surface area contributed by atoms with Crippen LogP contribution in [0.15, 0.2) is 46.6 Å². The Labute approximate surface area is 193 Å². The first-order chi connectivity index (χ1) is 15.4. The van der Waals surface area contributed by atoms with Crippen molar-refractivity contribution in [3.8, 4) is 5.75 Å². The maximum Gasteiger partial charge on any atom is 0.269 e. The van der Waals surface area contributed by atoms with E-state index in [4.69, 9.17) is 9.29 Å². The van der Waals surface area contributed by atoms with Crippen LogP contribution >= 0.6 is 0 Å². The first-order valence-corrected chi connectivity index (χ1v) is 12.4. The average Bonchev–Trinajstić information content (AvgIpc) is 2.73. The molecule has 2 unspecified atom stereocenters. The normalized spacial score (nSPS) is 19.9. The molecule has 0 aromatic heterocycles. The summed E-state index contributed by atoms with van der Waals surface area (Å²) >= 11 is 0. The van der Waals surface area contributed by atoms with Crippen LogP contribution < -0.4 is 4.74 Å². The largest absolute Gasteiger partial charge is 0.494 e. The Hall–Kier alpha value is -2.85. The van der Waals surface area contributed by atoms with E-state index < -0.39 is 15.0 Å². The van der Waals surface area contributed by atoms with Gasteiger partial charge in [0.25, 0.3) is 15.8 Å². The standard InChI is InChI=1S/C23H29N3O6S/c1-15-14-23(2,3)20(6-5-11-33(29,30)31)19-13-22(32-4)21(12-18(15)19)25-24-16-7-9-17(10-8-16)26(27)28/h7-10,12-13,15,20H,5-6,11,14H2,1-4H3,(H,29,30,31). The van der Waals surface area contributed by atoms with E-state index in [1.54, 1.807) is 7.11 Å². The third-order valence-electron chi connectivity index (χ3n) is 6.30. The number of non-ortho nitro benzene ring substituents is 1. The van der Waals surface area contributed by atoms with Crippen molar-refractivity contribution < 1.29 is 22.6 Å². The Bertz CT molecular complexity index is 1160. The van der Waals surface area contributed by atoms with Gasteiger partial charge in [-0.1, -0.05) is 20.8 Å². The topological polar surface area (TPSA) is 131 Å². The van der Waals surface area contributed by atoms with E-state index in [9.17, 15) is 18.5 Å². The van der Waals surface area contributed by atoms with E-state index in [1.165, 1.54) is 24.3 Å². The summed E-state index contributed by atoms with van der Waals surface area (Å²) in [7, 11) is -2.45. The zero-order valence-corrected chi connectivity index (χ0v) is 20.0. The molecule has 0 spiro atoms. The van der Waals surface area contributed by atoms with Crippen LogP contribution in [0.2, 0.25) is 0 Å². The fourth-order valence-electron chi connectivity index (χ4n) is 4.80. The molecule has 1 N–H and O–H groups in total. The molecule has 9 nitrogen and oxygen atoms in total.